The normalized spacial score (nSPS) is 11.4. The van der Waals surface area contributed by atoms with Gasteiger partial charge in [-0.3, -0.25) is 4.79 Å². The smallest absolute Gasteiger partial charge is 0.249 e. The Hall–Kier alpha value is -3.05. The molecule has 2 aromatic heterocycles. The Morgan fingerprint density at radius 1 is 1.25 bits per heavy atom. The number of hydrogen-bond donors (Lipinski definition) is 2. The number of amides is 1. The van der Waals surface area contributed by atoms with E-state index in [1.54, 1.807) is 24.7 Å². The number of aromatic nitrogens is 1. The van der Waals surface area contributed by atoms with Crippen LogP contribution in [0.2, 0.25) is 0 Å². The Kier molecular flexibility index (Phi) is 3.36. The molecule has 2 aromatic carbocycles. The average Bonchev–Trinajstić information content (AvgIpc) is 3.21. The maximum atomic E-state index is 11.9. The van der Waals surface area contributed by atoms with Crippen molar-refractivity contribution in [3.05, 3.63) is 71.7 Å². The predicted octanol–water partition coefficient (Wildman–Crippen LogP) is 2.83. The molecule has 5 heteroatoms. The van der Waals surface area contributed by atoms with Gasteiger partial charge in [-0.1, -0.05) is 6.07 Å². The lowest BCUT2D eigenvalue weighted by molar-refractivity contribution is 0.100. The molecule has 119 valence electrons. The van der Waals surface area contributed by atoms with Crippen molar-refractivity contribution < 1.29 is 14.3 Å². The SMILES string of the molecule is NC(=O)c1cccc2c1c1[c]cc(CO)cc1n2Cc1ccoc1. The van der Waals surface area contributed by atoms with Crippen LogP contribution in [0, 0.1) is 6.07 Å². The zero-order valence-corrected chi connectivity index (χ0v) is 12.8. The first kappa shape index (κ1) is 14.5. The molecular formula is C19H15N2O3. The zero-order valence-electron chi connectivity index (χ0n) is 12.8. The van der Waals surface area contributed by atoms with Crippen LogP contribution in [-0.4, -0.2) is 15.6 Å². The van der Waals surface area contributed by atoms with Crippen LogP contribution >= 0.6 is 0 Å². The Morgan fingerprint density at radius 2 is 2.12 bits per heavy atom. The lowest BCUT2D eigenvalue weighted by atomic mass is 10.0. The number of carbonyl (C=O) groups excluding carboxylic acids is 1. The topological polar surface area (TPSA) is 81.4 Å². The standard InChI is InChI=1S/C19H15N2O3/c20-19(23)15-2-1-3-16-18(15)14-5-4-12(10-22)8-17(14)21(16)9-13-6-7-24-11-13/h1-4,6-8,11,22H,9-10H2,(H2,20,23). The van der Waals surface area contributed by atoms with Crippen LogP contribution in [0.25, 0.3) is 21.8 Å². The van der Waals surface area contributed by atoms with Gasteiger partial charge in [-0.15, -0.1) is 0 Å². The number of carbonyl (C=O) groups is 1. The number of aliphatic hydroxyl groups is 1. The maximum absolute atomic E-state index is 11.9. The summed E-state index contributed by atoms with van der Waals surface area (Å²) >= 11 is 0. The van der Waals surface area contributed by atoms with E-state index in [-0.39, 0.29) is 6.61 Å². The summed E-state index contributed by atoms with van der Waals surface area (Å²) in [7, 11) is 0. The Balaban J connectivity index is 2.09. The number of benzene rings is 2. The van der Waals surface area contributed by atoms with Crippen LogP contribution in [0.3, 0.4) is 0 Å². The van der Waals surface area contributed by atoms with Crippen molar-refractivity contribution >= 4 is 27.7 Å². The highest BCUT2D eigenvalue weighted by molar-refractivity contribution is 6.17. The van der Waals surface area contributed by atoms with Crippen molar-refractivity contribution in [3.63, 3.8) is 0 Å². The Labute approximate surface area is 137 Å². The second kappa shape index (κ2) is 5.54. The van der Waals surface area contributed by atoms with E-state index in [2.05, 4.69) is 10.6 Å². The molecule has 0 aliphatic heterocycles. The third-order valence-electron chi connectivity index (χ3n) is 4.22. The minimum Gasteiger partial charge on any atom is -0.472 e. The Bertz CT molecular complexity index is 1050. The van der Waals surface area contributed by atoms with Gasteiger partial charge in [-0.25, -0.2) is 0 Å². The largest absolute Gasteiger partial charge is 0.472 e. The molecular weight excluding hydrogens is 304 g/mol. The fourth-order valence-corrected chi connectivity index (χ4v) is 3.13. The van der Waals surface area contributed by atoms with Crippen molar-refractivity contribution in [1.29, 1.82) is 0 Å². The van der Waals surface area contributed by atoms with Gasteiger partial charge in [0.05, 0.1) is 36.7 Å². The first-order chi connectivity index (χ1) is 11.7. The van der Waals surface area contributed by atoms with E-state index >= 15 is 0 Å². The number of aliphatic hydroxyl groups excluding tert-OH is 1. The summed E-state index contributed by atoms with van der Waals surface area (Å²) in [4.78, 5) is 11.9. The van der Waals surface area contributed by atoms with Gasteiger partial charge < -0.3 is 19.8 Å². The highest BCUT2D eigenvalue weighted by atomic mass is 16.3. The van der Waals surface area contributed by atoms with Gasteiger partial charge in [-0.05, 0) is 42.0 Å². The fourth-order valence-electron chi connectivity index (χ4n) is 3.13. The summed E-state index contributed by atoms with van der Waals surface area (Å²) < 4.78 is 7.24. The lowest BCUT2D eigenvalue weighted by Gasteiger charge is -2.06. The average molecular weight is 319 g/mol. The van der Waals surface area contributed by atoms with Crippen molar-refractivity contribution in [1.82, 2.24) is 4.57 Å². The Morgan fingerprint density at radius 3 is 2.83 bits per heavy atom. The minimum absolute atomic E-state index is 0.0671. The molecule has 0 saturated carbocycles. The van der Waals surface area contributed by atoms with Crippen LogP contribution < -0.4 is 5.73 Å². The molecule has 0 fully saturated rings. The third-order valence-corrected chi connectivity index (χ3v) is 4.22. The summed E-state index contributed by atoms with van der Waals surface area (Å²) in [5, 5.41) is 11.0. The first-order valence-electron chi connectivity index (χ1n) is 7.56. The zero-order chi connectivity index (χ0) is 16.7. The van der Waals surface area contributed by atoms with Gasteiger partial charge in [0, 0.05) is 21.9 Å². The van der Waals surface area contributed by atoms with Crippen molar-refractivity contribution in [3.8, 4) is 0 Å². The van der Waals surface area contributed by atoms with E-state index in [1.165, 1.54) is 0 Å². The monoisotopic (exact) mass is 319 g/mol. The molecule has 3 N–H and O–H groups in total. The number of fused-ring (bicyclic) bond motifs is 3. The summed E-state index contributed by atoms with van der Waals surface area (Å²) in [6, 6.07) is 14.2. The van der Waals surface area contributed by atoms with E-state index in [4.69, 9.17) is 10.2 Å². The van der Waals surface area contributed by atoms with Crippen LogP contribution in [0.5, 0.6) is 0 Å². The van der Waals surface area contributed by atoms with Crippen LogP contribution in [-0.2, 0) is 13.2 Å². The van der Waals surface area contributed by atoms with Gasteiger partial charge >= 0.3 is 0 Å². The van der Waals surface area contributed by atoms with Crippen LogP contribution in [0.15, 0.2) is 53.3 Å². The molecule has 0 aliphatic carbocycles. The lowest BCUT2D eigenvalue weighted by Crippen LogP contribution is -2.11. The summed E-state index contributed by atoms with van der Waals surface area (Å²) in [6.07, 6.45) is 3.32. The van der Waals surface area contributed by atoms with Gasteiger partial charge in [-0.2, -0.15) is 0 Å². The van der Waals surface area contributed by atoms with E-state index in [0.29, 0.717) is 12.1 Å². The van der Waals surface area contributed by atoms with E-state index in [0.717, 1.165) is 32.9 Å². The molecule has 0 spiro atoms. The number of nitrogens with zero attached hydrogens (tertiary/aromatic N) is 1. The van der Waals surface area contributed by atoms with E-state index < -0.39 is 5.91 Å². The van der Waals surface area contributed by atoms with E-state index in [9.17, 15) is 9.90 Å². The molecule has 0 atom stereocenters. The molecule has 4 rings (SSSR count). The molecule has 0 unspecified atom stereocenters. The highest BCUT2D eigenvalue weighted by Crippen LogP contribution is 2.32. The molecule has 5 nitrogen and oxygen atoms in total. The van der Waals surface area contributed by atoms with Crippen molar-refractivity contribution in [2.45, 2.75) is 13.2 Å². The summed E-state index contributed by atoms with van der Waals surface area (Å²) in [5.74, 6) is -0.470. The highest BCUT2D eigenvalue weighted by Gasteiger charge is 2.17. The predicted molar refractivity (Wildman–Crippen MR) is 90.5 cm³/mol. The van der Waals surface area contributed by atoms with Crippen molar-refractivity contribution in [2.75, 3.05) is 0 Å². The third kappa shape index (κ3) is 2.18. The number of rotatable bonds is 4. The number of nitrogens with two attached hydrogens (primary N) is 1. The molecule has 4 aromatic rings. The number of furan rings is 1. The molecule has 0 saturated heterocycles. The van der Waals surface area contributed by atoms with Crippen LogP contribution in [0.4, 0.5) is 0 Å². The van der Waals surface area contributed by atoms with Crippen molar-refractivity contribution in [2.24, 2.45) is 5.73 Å². The molecule has 2 heterocycles. The second-order valence-corrected chi connectivity index (χ2v) is 5.71. The second-order valence-electron chi connectivity index (χ2n) is 5.71. The molecule has 24 heavy (non-hydrogen) atoms. The maximum Gasteiger partial charge on any atom is 0.249 e. The number of hydrogen-bond acceptors (Lipinski definition) is 3. The molecule has 0 aliphatic rings. The molecule has 1 radical (unpaired) electrons. The minimum atomic E-state index is -0.470. The molecule has 0 bridgehead atoms. The van der Waals surface area contributed by atoms with Crippen LogP contribution in [0.1, 0.15) is 21.5 Å². The fraction of sp³-hybridized carbons (Fsp3) is 0.105. The number of primary amides is 1. The summed E-state index contributed by atoms with van der Waals surface area (Å²) in [6.45, 7) is 0.518. The van der Waals surface area contributed by atoms with E-state index in [1.807, 2.05) is 24.3 Å². The van der Waals surface area contributed by atoms with Gasteiger partial charge in [0.15, 0.2) is 0 Å². The molecule has 1 amide bonds. The van der Waals surface area contributed by atoms with Gasteiger partial charge in [0.1, 0.15) is 0 Å². The van der Waals surface area contributed by atoms with Gasteiger partial charge in [0.25, 0.3) is 0 Å². The first-order valence-corrected chi connectivity index (χ1v) is 7.56. The quantitative estimate of drug-likeness (QED) is 0.607. The van der Waals surface area contributed by atoms with Gasteiger partial charge in [0.2, 0.25) is 5.91 Å². The summed E-state index contributed by atoms with van der Waals surface area (Å²) in [5.41, 5.74) is 9.59.